The Kier molecular flexibility index (Phi) is 10.0. The molecule has 0 amide bonds. The standard InChI is InChI=1S/2C23H25.2ClH.Zr/c2*1-2-17-15-21-9-6-10-22(23(21)16-17)20-13-11-19(12-14-20)18-7-4-3-5-8-18;;;/h2*6,9-16,18H,2-5,7-8H2,1H3;2*1H;/q;;;;+2/p-2. The van der Waals surface area contributed by atoms with Gasteiger partial charge >= 0.3 is 309 Å². The SMILES string of the molecule is CCC1=Cc2c(-c3ccc(C4CCCCC4)cc3)cccc2[CH]1[Zr]([Cl])([Cl])[CH]1C(CC)=Cc2c(-c3ccc(C4CCCCC4)cc3)cccc21. The van der Waals surface area contributed by atoms with Crippen LogP contribution in [-0.2, 0) is 17.9 Å². The Hall–Kier alpha value is -2.18. The van der Waals surface area contributed by atoms with E-state index in [1.807, 2.05) is 0 Å². The number of rotatable bonds is 8. The summed E-state index contributed by atoms with van der Waals surface area (Å²) in [6.07, 6.45) is 20.4. The molecule has 252 valence electrons. The summed E-state index contributed by atoms with van der Waals surface area (Å²) in [5.74, 6) is 1.44. The average Bonchev–Trinajstić information content (AvgIpc) is 3.75. The number of benzene rings is 4. The third-order valence-electron chi connectivity index (χ3n) is 12.5. The van der Waals surface area contributed by atoms with Crippen LogP contribution < -0.4 is 0 Å². The van der Waals surface area contributed by atoms with Crippen molar-refractivity contribution in [3.8, 4) is 22.3 Å². The molecule has 4 aliphatic carbocycles. The van der Waals surface area contributed by atoms with Crippen LogP contribution in [0.2, 0.25) is 0 Å². The van der Waals surface area contributed by atoms with Crippen LogP contribution in [0, 0.1) is 0 Å². The second kappa shape index (κ2) is 14.4. The summed E-state index contributed by atoms with van der Waals surface area (Å²) in [6.45, 7) is 4.57. The molecule has 0 bridgehead atoms. The molecule has 2 saturated carbocycles. The van der Waals surface area contributed by atoms with E-state index in [2.05, 4.69) is 111 Å². The Morgan fingerprint density at radius 3 is 1.27 bits per heavy atom. The number of hydrogen-bond donors (Lipinski definition) is 0. The molecule has 0 aliphatic heterocycles. The average molecular weight is 765 g/mol. The molecule has 0 radical (unpaired) electrons. The fourth-order valence-electron chi connectivity index (χ4n) is 9.86. The van der Waals surface area contributed by atoms with Crippen LogP contribution in [0.1, 0.15) is 143 Å². The van der Waals surface area contributed by atoms with Crippen LogP contribution in [0.15, 0.2) is 96.1 Å². The first-order valence-corrected chi connectivity index (χ1v) is 28.4. The Morgan fingerprint density at radius 2 is 0.898 bits per heavy atom. The first-order chi connectivity index (χ1) is 24.0. The summed E-state index contributed by atoms with van der Waals surface area (Å²) in [4.78, 5) is 0. The van der Waals surface area contributed by atoms with E-state index in [9.17, 15) is 0 Å². The zero-order valence-corrected chi connectivity index (χ0v) is 33.3. The molecule has 0 spiro atoms. The molecule has 0 aromatic heterocycles. The van der Waals surface area contributed by atoms with Crippen molar-refractivity contribution in [1.82, 2.24) is 0 Å². The molecule has 2 atom stereocenters. The molecule has 8 rings (SSSR count). The predicted molar refractivity (Wildman–Crippen MR) is 209 cm³/mol. The summed E-state index contributed by atoms with van der Waals surface area (Å²) < 4.78 is 0.256. The van der Waals surface area contributed by atoms with E-state index in [4.69, 9.17) is 17.0 Å². The van der Waals surface area contributed by atoms with Crippen molar-refractivity contribution in [2.45, 2.75) is 110 Å². The molecule has 0 heterocycles. The minimum atomic E-state index is -4.02. The summed E-state index contributed by atoms with van der Waals surface area (Å²) in [5, 5.41) is 0. The normalized spacial score (nSPS) is 21.3. The third-order valence-corrected chi connectivity index (χ3v) is 24.8. The van der Waals surface area contributed by atoms with Crippen molar-refractivity contribution in [3.05, 3.63) is 129 Å². The van der Waals surface area contributed by atoms with Crippen molar-refractivity contribution in [2.24, 2.45) is 0 Å². The van der Waals surface area contributed by atoms with E-state index < -0.39 is 17.9 Å². The Labute approximate surface area is 306 Å². The Morgan fingerprint density at radius 1 is 0.510 bits per heavy atom. The molecule has 2 unspecified atom stereocenters. The van der Waals surface area contributed by atoms with E-state index >= 15 is 0 Å². The van der Waals surface area contributed by atoms with Gasteiger partial charge in [0, 0.05) is 0 Å². The molecule has 2 fully saturated rings. The van der Waals surface area contributed by atoms with Gasteiger partial charge in [-0.25, -0.2) is 0 Å². The zero-order chi connectivity index (χ0) is 33.5. The molecular weight excluding hydrogens is 715 g/mol. The molecule has 49 heavy (non-hydrogen) atoms. The van der Waals surface area contributed by atoms with Crippen molar-refractivity contribution < 1.29 is 17.9 Å². The van der Waals surface area contributed by atoms with E-state index in [0.29, 0.717) is 0 Å². The fourth-order valence-corrected chi connectivity index (χ4v) is 23.9. The van der Waals surface area contributed by atoms with Crippen molar-refractivity contribution in [2.75, 3.05) is 0 Å². The van der Waals surface area contributed by atoms with Gasteiger partial charge in [0.1, 0.15) is 0 Å². The number of halogens is 2. The Balaban J connectivity index is 1.13. The first-order valence-electron chi connectivity index (χ1n) is 19.2. The van der Waals surface area contributed by atoms with Gasteiger partial charge in [-0.3, -0.25) is 0 Å². The zero-order valence-electron chi connectivity index (χ0n) is 29.3. The molecule has 3 heteroatoms. The number of allylic oxidation sites excluding steroid dienone is 2. The van der Waals surface area contributed by atoms with E-state index in [0.717, 1.165) is 24.7 Å². The minimum absolute atomic E-state index is 0.128. The van der Waals surface area contributed by atoms with Crippen LogP contribution in [0.25, 0.3) is 34.4 Å². The topological polar surface area (TPSA) is 0 Å². The molecular formula is C46H50Cl2Zr. The van der Waals surface area contributed by atoms with Crippen LogP contribution >= 0.6 is 17.0 Å². The summed E-state index contributed by atoms with van der Waals surface area (Å²) >= 11 is -4.02. The summed E-state index contributed by atoms with van der Waals surface area (Å²) in [6, 6.07) is 32.7. The molecule has 0 saturated heterocycles. The van der Waals surface area contributed by atoms with Gasteiger partial charge in [0.05, 0.1) is 0 Å². The second-order valence-electron chi connectivity index (χ2n) is 15.2. The van der Waals surface area contributed by atoms with Gasteiger partial charge in [0.15, 0.2) is 0 Å². The summed E-state index contributed by atoms with van der Waals surface area (Å²) in [7, 11) is 16.1. The van der Waals surface area contributed by atoms with Crippen LogP contribution in [0.4, 0.5) is 0 Å². The second-order valence-corrected chi connectivity index (χ2v) is 29.9. The van der Waals surface area contributed by atoms with Crippen LogP contribution in [0.3, 0.4) is 0 Å². The third kappa shape index (κ3) is 6.34. The van der Waals surface area contributed by atoms with Crippen LogP contribution in [0.5, 0.6) is 0 Å². The molecule has 0 N–H and O–H groups in total. The van der Waals surface area contributed by atoms with Gasteiger partial charge < -0.3 is 0 Å². The number of hydrogen-bond acceptors (Lipinski definition) is 0. The molecule has 4 aromatic rings. The van der Waals surface area contributed by atoms with E-state index in [1.54, 1.807) is 0 Å². The number of fused-ring (bicyclic) bond motifs is 2. The molecule has 4 aromatic carbocycles. The van der Waals surface area contributed by atoms with Gasteiger partial charge in [-0.15, -0.1) is 0 Å². The van der Waals surface area contributed by atoms with E-state index in [1.165, 1.54) is 131 Å². The quantitative estimate of drug-likeness (QED) is 0.168. The maximum atomic E-state index is 8.06. The van der Waals surface area contributed by atoms with Crippen molar-refractivity contribution in [1.29, 1.82) is 0 Å². The maximum absolute atomic E-state index is 8.06. The van der Waals surface area contributed by atoms with Gasteiger partial charge in [-0.05, 0) is 0 Å². The van der Waals surface area contributed by atoms with Crippen LogP contribution in [-0.4, -0.2) is 0 Å². The Bertz CT molecular complexity index is 1730. The molecule has 0 nitrogen and oxygen atoms in total. The fraction of sp³-hybridized carbons (Fsp3) is 0.391. The monoisotopic (exact) mass is 762 g/mol. The van der Waals surface area contributed by atoms with Gasteiger partial charge in [0.25, 0.3) is 0 Å². The van der Waals surface area contributed by atoms with E-state index in [-0.39, 0.29) is 7.25 Å². The van der Waals surface area contributed by atoms with Gasteiger partial charge in [-0.2, -0.15) is 0 Å². The van der Waals surface area contributed by atoms with Crippen molar-refractivity contribution >= 4 is 29.2 Å². The van der Waals surface area contributed by atoms with Crippen molar-refractivity contribution in [3.63, 3.8) is 0 Å². The predicted octanol–water partition coefficient (Wildman–Crippen LogP) is 15.0. The molecule has 4 aliphatic rings. The first kappa shape index (κ1) is 33.9. The van der Waals surface area contributed by atoms with Gasteiger partial charge in [-0.1, -0.05) is 0 Å². The van der Waals surface area contributed by atoms with Gasteiger partial charge in [0.2, 0.25) is 0 Å². The summed E-state index contributed by atoms with van der Waals surface area (Å²) in [5.41, 5.74) is 16.5.